The number of rotatable bonds is 5. The number of alkyl halides is 3. The highest BCUT2D eigenvalue weighted by atomic mass is 32.1. The van der Waals surface area contributed by atoms with Crippen LogP contribution in [-0.4, -0.2) is 33.8 Å². The van der Waals surface area contributed by atoms with E-state index in [1.54, 1.807) is 6.07 Å². The zero-order chi connectivity index (χ0) is 17.0. The Balaban J connectivity index is 2.17. The van der Waals surface area contributed by atoms with Crippen LogP contribution in [0.2, 0.25) is 0 Å². The summed E-state index contributed by atoms with van der Waals surface area (Å²) in [5.74, 6) is -0.656. The molecule has 0 aliphatic heterocycles. The maximum atomic E-state index is 12.4. The molecule has 0 fully saturated rings. The number of carbonyl (C=O) groups excluding carboxylic acids is 1. The van der Waals surface area contributed by atoms with Crippen LogP contribution >= 0.6 is 11.5 Å². The fraction of sp³-hybridized carbons (Fsp3) is 0.357. The number of benzene rings is 1. The molecule has 0 N–H and O–H groups in total. The number of halogens is 3. The van der Waals surface area contributed by atoms with Crippen LogP contribution in [0.4, 0.5) is 13.2 Å². The van der Waals surface area contributed by atoms with E-state index in [4.69, 9.17) is 0 Å². The molecular weight excluding hydrogens is 331 g/mol. The first-order valence-electron chi connectivity index (χ1n) is 6.72. The van der Waals surface area contributed by atoms with Crippen molar-refractivity contribution >= 4 is 17.4 Å². The topological polar surface area (TPSA) is 55.3 Å². The lowest BCUT2D eigenvalue weighted by Gasteiger charge is -2.19. The first-order chi connectivity index (χ1) is 10.8. The van der Waals surface area contributed by atoms with Gasteiger partial charge >= 0.3 is 6.36 Å². The predicted octanol–water partition coefficient (Wildman–Crippen LogP) is 3.27. The van der Waals surface area contributed by atoms with E-state index in [-0.39, 0.29) is 23.8 Å². The molecule has 1 aromatic carbocycles. The summed E-state index contributed by atoms with van der Waals surface area (Å²) in [5.41, 5.74) is 0.836. The lowest BCUT2D eigenvalue weighted by atomic mass is 10.2. The Hall–Kier alpha value is -2.16. The number of hydrogen-bond donors (Lipinski definition) is 0. The van der Waals surface area contributed by atoms with Gasteiger partial charge in [-0.15, -0.1) is 18.3 Å². The second-order valence-electron chi connectivity index (χ2n) is 4.72. The maximum absolute atomic E-state index is 12.4. The quantitative estimate of drug-likeness (QED) is 0.835. The molecule has 2 aromatic rings. The monoisotopic (exact) mass is 345 g/mol. The lowest BCUT2D eigenvalue weighted by molar-refractivity contribution is -0.274. The molecule has 1 amide bonds. The normalized spacial score (nSPS) is 11.3. The number of aryl methyl sites for hydroxylation is 1. The van der Waals surface area contributed by atoms with Crippen LogP contribution in [0.5, 0.6) is 5.75 Å². The Kier molecular flexibility index (Phi) is 5.19. The van der Waals surface area contributed by atoms with Crippen molar-refractivity contribution < 1.29 is 22.7 Å². The zero-order valence-corrected chi connectivity index (χ0v) is 13.2. The highest BCUT2D eigenvalue weighted by molar-refractivity contribution is 7.07. The van der Waals surface area contributed by atoms with E-state index in [9.17, 15) is 18.0 Å². The molecule has 9 heteroatoms. The van der Waals surface area contributed by atoms with Gasteiger partial charge < -0.3 is 9.64 Å². The molecule has 0 aliphatic rings. The molecule has 0 atom stereocenters. The molecule has 2 rings (SSSR count). The minimum Gasteiger partial charge on any atom is -0.405 e. The second kappa shape index (κ2) is 6.95. The standard InChI is InChI=1S/C14H14F3N3O2S/c1-3-10-12(23-19-18-10)13(21)20(2)8-9-6-4-5-7-11(9)22-14(15,16)17/h4-7H,3,8H2,1-2H3. The summed E-state index contributed by atoms with van der Waals surface area (Å²) in [5, 5.41) is 3.86. The Bertz CT molecular complexity index is 688. The molecule has 0 saturated carbocycles. The molecule has 0 aliphatic carbocycles. The van der Waals surface area contributed by atoms with Gasteiger partial charge in [-0.3, -0.25) is 4.79 Å². The number of amides is 1. The smallest absolute Gasteiger partial charge is 0.405 e. The van der Waals surface area contributed by atoms with Crippen LogP contribution in [0.3, 0.4) is 0 Å². The van der Waals surface area contributed by atoms with E-state index in [2.05, 4.69) is 14.3 Å². The van der Waals surface area contributed by atoms with Crippen LogP contribution < -0.4 is 4.74 Å². The van der Waals surface area contributed by atoms with Crippen molar-refractivity contribution in [1.29, 1.82) is 0 Å². The van der Waals surface area contributed by atoms with Gasteiger partial charge in [0.1, 0.15) is 10.6 Å². The van der Waals surface area contributed by atoms with Gasteiger partial charge in [0.15, 0.2) is 0 Å². The Morgan fingerprint density at radius 1 is 1.35 bits per heavy atom. The van der Waals surface area contributed by atoms with E-state index in [1.807, 2.05) is 6.92 Å². The third kappa shape index (κ3) is 4.41. The molecule has 0 unspecified atom stereocenters. The van der Waals surface area contributed by atoms with Crippen LogP contribution in [0.15, 0.2) is 24.3 Å². The van der Waals surface area contributed by atoms with Gasteiger partial charge in [0.2, 0.25) is 0 Å². The van der Waals surface area contributed by atoms with Crippen molar-refractivity contribution in [2.45, 2.75) is 26.3 Å². The summed E-state index contributed by atoms with van der Waals surface area (Å²) in [4.78, 5) is 14.1. The first kappa shape index (κ1) is 17.2. The number of hydrogen-bond acceptors (Lipinski definition) is 5. The SMILES string of the molecule is CCc1nnsc1C(=O)N(C)Cc1ccccc1OC(F)(F)F. The summed E-state index contributed by atoms with van der Waals surface area (Å²) in [7, 11) is 1.51. The van der Waals surface area contributed by atoms with Crippen molar-refractivity contribution in [3.63, 3.8) is 0 Å². The number of ether oxygens (including phenoxy) is 1. The van der Waals surface area contributed by atoms with E-state index in [1.165, 1.54) is 30.1 Å². The van der Waals surface area contributed by atoms with Gasteiger partial charge in [0.25, 0.3) is 5.91 Å². The first-order valence-corrected chi connectivity index (χ1v) is 7.49. The molecule has 5 nitrogen and oxygen atoms in total. The average molecular weight is 345 g/mol. The number of nitrogens with zero attached hydrogens (tertiary/aromatic N) is 3. The molecule has 0 saturated heterocycles. The van der Waals surface area contributed by atoms with Crippen molar-refractivity contribution in [1.82, 2.24) is 14.5 Å². The van der Waals surface area contributed by atoms with Crippen molar-refractivity contribution in [2.24, 2.45) is 0 Å². The molecular formula is C14H14F3N3O2S. The highest BCUT2D eigenvalue weighted by Crippen LogP contribution is 2.27. The van der Waals surface area contributed by atoms with E-state index < -0.39 is 6.36 Å². The molecule has 0 radical (unpaired) electrons. The van der Waals surface area contributed by atoms with E-state index in [0.29, 0.717) is 17.0 Å². The maximum Gasteiger partial charge on any atom is 0.573 e. The number of carbonyl (C=O) groups is 1. The van der Waals surface area contributed by atoms with Gasteiger partial charge in [-0.05, 0) is 24.0 Å². The molecule has 0 spiro atoms. The zero-order valence-electron chi connectivity index (χ0n) is 12.4. The molecule has 23 heavy (non-hydrogen) atoms. The third-order valence-corrected chi connectivity index (χ3v) is 3.79. The van der Waals surface area contributed by atoms with Gasteiger partial charge in [0.05, 0.1) is 5.69 Å². The molecule has 1 aromatic heterocycles. The van der Waals surface area contributed by atoms with Crippen LogP contribution in [-0.2, 0) is 13.0 Å². The van der Waals surface area contributed by atoms with E-state index >= 15 is 0 Å². The predicted molar refractivity (Wildman–Crippen MR) is 78.2 cm³/mol. The second-order valence-corrected chi connectivity index (χ2v) is 5.47. The van der Waals surface area contributed by atoms with E-state index in [0.717, 1.165) is 11.5 Å². The molecule has 1 heterocycles. The van der Waals surface area contributed by atoms with Crippen molar-refractivity contribution in [3.8, 4) is 5.75 Å². The number of aromatic nitrogens is 2. The highest BCUT2D eigenvalue weighted by Gasteiger charge is 2.32. The fourth-order valence-electron chi connectivity index (χ4n) is 1.96. The largest absolute Gasteiger partial charge is 0.573 e. The minimum atomic E-state index is -4.78. The molecule has 0 bridgehead atoms. The Morgan fingerprint density at radius 2 is 2.04 bits per heavy atom. The number of para-hydroxylation sites is 1. The summed E-state index contributed by atoms with van der Waals surface area (Å²) in [6.07, 6.45) is -4.23. The third-order valence-electron chi connectivity index (χ3n) is 3.04. The Labute approximate surface area is 134 Å². The van der Waals surface area contributed by atoms with Gasteiger partial charge in [-0.2, -0.15) is 0 Å². The van der Waals surface area contributed by atoms with Gasteiger partial charge in [-0.25, -0.2) is 0 Å². The van der Waals surface area contributed by atoms with Crippen molar-refractivity contribution in [2.75, 3.05) is 7.05 Å². The van der Waals surface area contributed by atoms with Gasteiger partial charge in [-0.1, -0.05) is 29.6 Å². The Morgan fingerprint density at radius 3 is 2.70 bits per heavy atom. The van der Waals surface area contributed by atoms with Crippen molar-refractivity contribution in [3.05, 3.63) is 40.4 Å². The summed E-state index contributed by atoms with van der Waals surface area (Å²) >= 11 is 0.972. The summed E-state index contributed by atoms with van der Waals surface area (Å²) in [6.45, 7) is 1.83. The fourth-order valence-corrected chi connectivity index (χ4v) is 2.71. The average Bonchev–Trinajstić information content (AvgIpc) is 2.95. The van der Waals surface area contributed by atoms with Crippen LogP contribution in [0.25, 0.3) is 0 Å². The minimum absolute atomic E-state index is 0.0217. The van der Waals surface area contributed by atoms with Crippen LogP contribution in [0, 0.1) is 0 Å². The van der Waals surface area contributed by atoms with Crippen LogP contribution in [0.1, 0.15) is 27.9 Å². The summed E-state index contributed by atoms with van der Waals surface area (Å²) < 4.78 is 45.0. The summed E-state index contributed by atoms with van der Waals surface area (Å²) in [6, 6.07) is 5.72. The molecule has 124 valence electrons. The lowest BCUT2D eigenvalue weighted by Crippen LogP contribution is -2.27. The van der Waals surface area contributed by atoms with Gasteiger partial charge in [0, 0.05) is 19.2 Å².